The lowest BCUT2D eigenvalue weighted by atomic mass is 10.2. The van der Waals surface area contributed by atoms with E-state index in [0.29, 0.717) is 25.2 Å². The monoisotopic (exact) mass is 405 g/mol. The first-order valence-electron chi connectivity index (χ1n) is 5.19. The van der Waals surface area contributed by atoms with E-state index in [9.17, 15) is 9.18 Å². The maximum atomic E-state index is 13.3. The van der Waals surface area contributed by atoms with Gasteiger partial charge < -0.3 is 5.32 Å². The minimum Gasteiger partial charge on any atom is -0.322 e. The lowest BCUT2D eigenvalue weighted by Crippen LogP contribution is -2.12. The third-order valence-electron chi connectivity index (χ3n) is 2.36. The highest BCUT2D eigenvalue weighted by Crippen LogP contribution is 2.24. The number of benzene rings is 2. The third kappa shape index (κ3) is 3.55. The molecule has 0 aromatic heterocycles. The summed E-state index contributed by atoms with van der Waals surface area (Å²) >= 11 is 12.1. The fraction of sp³-hybridized carbons (Fsp3) is 0. The zero-order chi connectivity index (χ0) is 14.0. The van der Waals surface area contributed by atoms with Crippen LogP contribution >= 0.6 is 43.5 Å². The van der Waals surface area contributed by atoms with Crippen LogP contribution in [0, 0.1) is 5.82 Å². The number of nitrogens with one attached hydrogen (secondary N) is 1. The van der Waals surface area contributed by atoms with Gasteiger partial charge in [-0.1, -0.05) is 11.6 Å². The first-order valence-corrected chi connectivity index (χ1v) is 7.15. The van der Waals surface area contributed by atoms with Crippen LogP contribution in [-0.4, -0.2) is 5.91 Å². The average molecular weight is 407 g/mol. The molecule has 0 fully saturated rings. The maximum Gasteiger partial charge on any atom is 0.255 e. The summed E-state index contributed by atoms with van der Waals surface area (Å²) in [6, 6.07) is 9.19. The molecule has 0 aliphatic carbocycles. The van der Waals surface area contributed by atoms with E-state index in [0.717, 1.165) is 0 Å². The van der Waals surface area contributed by atoms with E-state index in [2.05, 4.69) is 37.2 Å². The van der Waals surface area contributed by atoms with Crippen LogP contribution in [0.3, 0.4) is 0 Å². The minimum atomic E-state index is -0.435. The van der Waals surface area contributed by atoms with Crippen LogP contribution in [0.1, 0.15) is 10.4 Å². The van der Waals surface area contributed by atoms with Crippen LogP contribution < -0.4 is 5.32 Å². The molecule has 0 heterocycles. The second-order valence-corrected chi connectivity index (χ2v) is 5.83. The standard InChI is InChI=1S/C13H7Br2ClFNO/c14-9-3-2-8(6-12(9)17)18-13(19)7-1-4-11(16)10(15)5-7/h1-6H,(H,18,19). The van der Waals surface area contributed by atoms with Crippen molar-refractivity contribution in [2.75, 3.05) is 5.32 Å². The molecule has 2 nitrogen and oxygen atoms in total. The quantitative estimate of drug-likeness (QED) is 0.723. The van der Waals surface area contributed by atoms with Gasteiger partial charge in [-0.15, -0.1) is 0 Å². The van der Waals surface area contributed by atoms with Crippen molar-refractivity contribution in [1.29, 1.82) is 0 Å². The van der Waals surface area contributed by atoms with Gasteiger partial charge in [-0.3, -0.25) is 4.79 Å². The van der Waals surface area contributed by atoms with E-state index in [4.69, 9.17) is 11.6 Å². The van der Waals surface area contributed by atoms with Crippen LogP contribution in [0.15, 0.2) is 45.3 Å². The van der Waals surface area contributed by atoms with E-state index >= 15 is 0 Å². The lowest BCUT2D eigenvalue weighted by molar-refractivity contribution is 0.102. The predicted octanol–water partition coefficient (Wildman–Crippen LogP) is 5.26. The van der Waals surface area contributed by atoms with Crippen molar-refractivity contribution < 1.29 is 9.18 Å². The fourth-order valence-corrected chi connectivity index (χ4v) is 2.16. The summed E-state index contributed by atoms with van der Waals surface area (Å²) in [5.74, 6) is -0.769. The van der Waals surface area contributed by atoms with Crippen LogP contribution in [0.5, 0.6) is 0 Å². The molecule has 6 heteroatoms. The van der Waals surface area contributed by atoms with Gasteiger partial charge in [0.2, 0.25) is 0 Å². The second-order valence-electron chi connectivity index (χ2n) is 3.71. The Labute approximate surface area is 131 Å². The Bertz CT molecular complexity index is 649. The number of halogens is 4. The van der Waals surface area contributed by atoms with Crippen molar-refractivity contribution in [2.24, 2.45) is 0 Å². The molecule has 0 aliphatic rings. The summed E-state index contributed by atoms with van der Waals surface area (Å²) in [7, 11) is 0. The summed E-state index contributed by atoms with van der Waals surface area (Å²) in [6.45, 7) is 0. The van der Waals surface area contributed by atoms with Gasteiger partial charge in [-0.2, -0.15) is 0 Å². The largest absolute Gasteiger partial charge is 0.322 e. The average Bonchev–Trinajstić information content (AvgIpc) is 2.37. The molecule has 0 saturated carbocycles. The van der Waals surface area contributed by atoms with E-state index < -0.39 is 5.82 Å². The van der Waals surface area contributed by atoms with Gasteiger partial charge in [-0.25, -0.2) is 4.39 Å². The molecule has 0 radical (unpaired) electrons. The summed E-state index contributed by atoms with van der Waals surface area (Å²) in [5, 5.41) is 3.13. The van der Waals surface area contributed by atoms with E-state index in [1.54, 1.807) is 24.3 Å². The molecule has 2 aromatic carbocycles. The smallest absolute Gasteiger partial charge is 0.255 e. The number of anilines is 1. The summed E-state index contributed by atoms with van der Waals surface area (Å²) < 4.78 is 14.3. The van der Waals surface area contributed by atoms with Gasteiger partial charge in [0.05, 0.1) is 9.50 Å². The van der Waals surface area contributed by atoms with E-state index in [1.807, 2.05) is 0 Å². The molecule has 0 aliphatic heterocycles. The second kappa shape index (κ2) is 6.03. The Morgan fingerprint density at radius 2 is 1.84 bits per heavy atom. The van der Waals surface area contributed by atoms with Crippen molar-refractivity contribution in [3.05, 3.63) is 61.7 Å². The van der Waals surface area contributed by atoms with E-state index in [1.165, 1.54) is 12.1 Å². The predicted molar refractivity (Wildman–Crippen MR) is 81.2 cm³/mol. The molecule has 2 rings (SSSR count). The van der Waals surface area contributed by atoms with Gasteiger partial charge >= 0.3 is 0 Å². The Morgan fingerprint density at radius 1 is 1.11 bits per heavy atom. The Balaban J connectivity index is 2.20. The van der Waals surface area contributed by atoms with Crippen molar-refractivity contribution in [3.63, 3.8) is 0 Å². The molecular formula is C13H7Br2ClFNO. The Hall–Kier alpha value is -0.910. The molecule has 1 N–H and O–H groups in total. The Kier molecular flexibility index (Phi) is 4.60. The highest BCUT2D eigenvalue weighted by atomic mass is 79.9. The number of carbonyl (C=O) groups is 1. The molecule has 0 bridgehead atoms. The SMILES string of the molecule is O=C(Nc1ccc(Br)c(F)c1)c1ccc(Cl)c(Br)c1. The fourth-order valence-electron chi connectivity index (χ4n) is 1.41. The first kappa shape index (κ1) is 14.5. The molecule has 0 saturated heterocycles. The van der Waals surface area contributed by atoms with E-state index in [-0.39, 0.29) is 5.91 Å². The molecule has 2 aromatic rings. The van der Waals surface area contributed by atoms with Gasteiger partial charge in [0.15, 0.2) is 0 Å². The highest BCUT2D eigenvalue weighted by molar-refractivity contribution is 9.10. The van der Waals surface area contributed by atoms with Crippen molar-refractivity contribution in [1.82, 2.24) is 0 Å². The van der Waals surface area contributed by atoms with Gasteiger partial charge in [0.25, 0.3) is 5.91 Å². The number of hydrogen-bond acceptors (Lipinski definition) is 1. The third-order valence-corrected chi connectivity index (χ3v) is 4.22. The van der Waals surface area contributed by atoms with Crippen molar-refractivity contribution in [2.45, 2.75) is 0 Å². The summed E-state index contributed by atoms with van der Waals surface area (Å²) in [4.78, 5) is 12.0. The Morgan fingerprint density at radius 3 is 2.47 bits per heavy atom. The van der Waals surface area contributed by atoms with Crippen LogP contribution in [0.25, 0.3) is 0 Å². The van der Waals surface area contributed by atoms with Crippen LogP contribution in [0.4, 0.5) is 10.1 Å². The van der Waals surface area contributed by atoms with Gasteiger partial charge in [-0.05, 0) is 68.3 Å². The molecular weight excluding hydrogens is 400 g/mol. The molecule has 19 heavy (non-hydrogen) atoms. The zero-order valence-electron chi connectivity index (χ0n) is 9.38. The topological polar surface area (TPSA) is 29.1 Å². The maximum absolute atomic E-state index is 13.3. The van der Waals surface area contributed by atoms with Crippen LogP contribution in [0.2, 0.25) is 5.02 Å². The van der Waals surface area contributed by atoms with Crippen molar-refractivity contribution in [3.8, 4) is 0 Å². The molecule has 98 valence electrons. The van der Waals surface area contributed by atoms with Crippen LogP contribution in [-0.2, 0) is 0 Å². The molecule has 1 amide bonds. The number of carbonyl (C=O) groups excluding carboxylic acids is 1. The number of rotatable bonds is 2. The molecule has 0 spiro atoms. The minimum absolute atomic E-state index is 0.334. The molecule has 0 atom stereocenters. The van der Waals surface area contributed by atoms with Crippen molar-refractivity contribution >= 4 is 55.1 Å². The first-order chi connectivity index (χ1) is 8.97. The van der Waals surface area contributed by atoms with Gasteiger partial charge in [0, 0.05) is 15.7 Å². The lowest BCUT2D eigenvalue weighted by Gasteiger charge is -2.07. The summed E-state index contributed by atoms with van der Waals surface area (Å²) in [5.41, 5.74) is 0.816. The number of hydrogen-bond donors (Lipinski definition) is 1. The van der Waals surface area contributed by atoms with Gasteiger partial charge in [0.1, 0.15) is 5.82 Å². The normalized spacial score (nSPS) is 10.3. The summed E-state index contributed by atoms with van der Waals surface area (Å²) in [6.07, 6.45) is 0. The zero-order valence-corrected chi connectivity index (χ0v) is 13.3. The number of amides is 1. The highest BCUT2D eigenvalue weighted by Gasteiger charge is 2.09. The molecule has 0 unspecified atom stereocenters.